The molecular formula is C16H14F3N5O2. The van der Waals surface area contributed by atoms with E-state index in [-0.39, 0.29) is 18.2 Å². The van der Waals surface area contributed by atoms with Gasteiger partial charge in [-0.3, -0.25) is 5.32 Å². The quantitative estimate of drug-likeness (QED) is 0.642. The normalized spacial score (nSPS) is 11.4. The van der Waals surface area contributed by atoms with Gasteiger partial charge in [0.05, 0.1) is 24.1 Å². The van der Waals surface area contributed by atoms with E-state index in [9.17, 15) is 18.0 Å². The van der Waals surface area contributed by atoms with Crippen molar-refractivity contribution in [2.45, 2.75) is 13.1 Å². The fraction of sp³-hybridized carbons (Fsp3) is 0.188. The monoisotopic (exact) mass is 365 g/mol. The van der Waals surface area contributed by atoms with Crippen molar-refractivity contribution in [2.24, 2.45) is 0 Å². The van der Waals surface area contributed by atoms with E-state index in [1.165, 1.54) is 18.3 Å². The number of alkyl halides is 3. The zero-order valence-corrected chi connectivity index (χ0v) is 13.5. The Morgan fingerprint density at radius 3 is 2.81 bits per heavy atom. The summed E-state index contributed by atoms with van der Waals surface area (Å²) in [6.07, 6.45) is -3.64. The minimum atomic E-state index is -4.42. The number of aromatic amines is 1. The first kappa shape index (κ1) is 17.5. The van der Waals surface area contributed by atoms with Crippen molar-refractivity contribution in [1.82, 2.24) is 15.0 Å². The van der Waals surface area contributed by atoms with Crippen LogP contribution in [0.4, 0.5) is 35.3 Å². The number of imidazole rings is 1. The Morgan fingerprint density at radius 1 is 1.27 bits per heavy atom. The number of fused-ring (bicyclic) bond motifs is 1. The van der Waals surface area contributed by atoms with Crippen LogP contribution < -0.4 is 10.6 Å². The average Bonchev–Trinajstić information content (AvgIpc) is 2.96. The molecule has 3 rings (SSSR count). The molecule has 1 amide bonds. The van der Waals surface area contributed by atoms with Gasteiger partial charge in [0.25, 0.3) is 0 Å². The minimum absolute atomic E-state index is 0.155. The van der Waals surface area contributed by atoms with Gasteiger partial charge in [0, 0.05) is 5.69 Å². The number of anilines is 3. The molecule has 0 atom stereocenters. The Morgan fingerprint density at radius 2 is 2.08 bits per heavy atom. The summed E-state index contributed by atoms with van der Waals surface area (Å²) in [5.74, 6) is 0.155. The van der Waals surface area contributed by atoms with E-state index in [1.54, 1.807) is 13.0 Å². The topological polar surface area (TPSA) is 91.9 Å². The van der Waals surface area contributed by atoms with Crippen LogP contribution in [0.2, 0.25) is 0 Å². The molecule has 0 spiro atoms. The molecule has 0 saturated carbocycles. The van der Waals surface area contributed by atoms with E-state index in [0.717, 1.165) is 12.1 Å². The van der Waals surface area contributed by atoms with Gasteiger partial charge in [0.1, 0.15) is 5.52 Å². The Labute approximate surface area is 145 Å². The molecule has 3 N–H and O–H groups in total. The fourth-order valence-electron chi connectivity index (χ4n) is 2.23. The predicted molar refractivity (Wildman–Crippen MR) is 89.3 cm³/mol. The summed E-state index contributed by atoms with van der Waals surface area (Å²) in [5, 5.41) is 5.26. The highest BCUT2D eigenvalue weighted by atomic mass is 19.4. The highest BCUT2D eigenvalue weighted by Gasteiger charge is 2.30. The van der Waals surface area contributed by atoms with E-state index in [4.69, 9.17) is 4.74 Å². The lowest BCUT2D eigenvalue weighted by molar-refractivity contribution is -0.137. The molecule has 0 saturated heterocycles. The maximum absolute atomic E-state index is 12.8. The fourth-order valence-corrected chi connectivity index (χ4v) is 2.23. The second-order valence-electron chi connectivity index (χ2n) is 5.23. The molecular weight excluding hydrogens is 351 g/mol. The molecule has 26 heavy (non-hydrogen) atoms. The first-order valence-corrected chi connectivity index (χ1v) is 7.59. The summed E-state index contributed by atoms with van der Waals surface area (Å²) in [6, 6.07) is 6.41. The van der Waals surface area contributed by atoms with Crippen molar-refractivity contribution in [3.05, 3.63) is 42.1 Å². The SMILES string of the molecule is CCOC(=O)Nc1nc2cc(Nc3cccc(C(F)(F)F)c3)cnc2[nH]1. The highest BCUT2D eigenvalue weighted by Crippen LogP contribution is 2.31. The van der Waals surface area contributed by atoms with Crippen LogP contribution in [0.15, 0.2) is 36.5 Å². The van der Waals surface area contributed by atoms with Crippen LogP contribution in [0.5, 0.6) is 0 Å². The number of benzene rings is 1. The van der Waals surface area contributed by atoms with Gasteiger partial charge in [0.15, 0.2) is 5.65 Å². The summed E-state index contributed by atoms with van der Waals surface area (Å²) in [5.41, 5.74) is 0.796. The van der Waals surface area contributed by atoms with Crippen molar-refractivity contribution in [3.8, 4) is 0 Å². The van der Waals surface area contributed by atoms with E-state index in [0.29, 0.717) is 16.9 Å². The first-order valence-electron chi connectivity index (χ1n) is 7.59. The van der Waals surface area contributed by atoms with Crippen molar-refractivity contribution in [1.29, 1.82) is 0 Å². The summed E-state index contributed by atoms with van der Waals surface area (Å²) in [6.45, 7) is 1.89. The molecule has 7 nitrogen and oxygen atoms in total. The van der Waals surface area contributed by atoms with E-state index in [1.807, 2.05) is 0 Å². The van der Waals surface area contributed by atoms with E-state index < -0.39 is 17.8 Å². The van der Waals surface area contributed by atoms with Crippen molar-refractivity contribution < 1.29 is 22.7 Å². The smallest absolute Gasteiger partial charge is 0.416 e. The molecule has 2 heterocycles. The Bertz CT molecular complexity index is 939. The average molecular weight is 365 g/mol. The maximum Gasteiger partial charge on any atom is 0.416 e. The number of hydrogen-bond donors (Lipinski definition) is 3. The van der Waals surface area contributed by atoms with Gasteiger partial charge in [0.2, 0.25) is 5.95 Å². The van der Waals surface area contributed by atoms with Crippen LogP contribution in [-0.4, -0.2) is 27.7 Å². The first-order chi connectivity index (χ1) is 12.3. The Kier molecular flexibility index (Phi) is 4.65. The van der Waals surface area contributed by atoms with Crippen LogP contribution in [0.1, 0.15) is 12.5 Å². The van der Waals surface area contributed by atoms with Crippen molar-refractivity contribution in [3.63, 3.8) is 0 Å². The molecule has 0 aliphatic heterocycles. The lowest BCUT2D eigenvalue weighted by atomic mass is 10.2. The predicted octanol–water partition coefficient (Wildman–Crippen LogP) is 4.29. The lowest BCUT2D eigenvalue weighted by Crippen LogP contribution is -2.14. The highest BCUT2D eigenvalue weighted by molar-refractivity contribution is 5.86. The van der Waals surface area contributed by atoms with E-state index >= 15 is 0 Å². The standard InChI is InChI=1S/C16H14F3N5O2/c1-2-26-15(25)24-14-22-12-7-11(8-20-13(12)23-14)21-10-5-3-4-9(6-10)16(17,18)19/h3-8,21H,2H2,1H3,(H2,20,22,23,24,25). The summed E-state index contributed by atoms with van der Waals surface area (Å²) < 4.78 is 43.1. The summed E-state index contributed by atoms with van der Waals surface area (Å²) >= 11 is 0. The van der Waals surface area contributed by atoms with Crippen LogP contribution in [-0.2, 0) is 10.9 Å². The molecule has 0 fully saturated rings. The molecule has 0 bridgehead atoms. The molecule has 2 aromatic heterocycles. The van der Waals surface area contributed by atoms with Gasteiger partial charge in [-0.15, -0.1) is 0 Å². The minimum Gasteiger partial charge on any atom is -0.450 e. The third-order valence-electron chi connectivity index (χ3n) is 3.31. The maximum atomic E-state index is 12.8. The van der Waals surface area contributed by atoms with Crippen molar-refractivity contribution in [2.75, 3.05) is 17.2 Å². The molecule has 0 aliphatic rings. The van der Waals surface area contributed by atoms with Crippen molar-refractivity contribution >= 4 is 34.6 Å². The largest absolute Gasteiger partial charge is 0.450 e. The number of pyridine rings is 1. The second-order valence-corrected chi connectivity index (χ2v) is 5.23. The third-order valence-corrected chi connectivity index (χ3v) is 3.31. The molecule has 0 unspecified atom stereocenters. The molecule has 1 aromatic carbocycles. The number of halogens is 3. The molecule has 0 aliphatic carbocycles. The van der Waals surface area contributed by atoms with Gasteiger partial charge in [-0.25, -0.2) is 14.8 Å². The van der Waals surface area contributed by atoms with Gasteiger partial charge in [-0.1, -0.05) is 6.07 Å². The number of hydrogen-bond acceptors (Lipinski definition) is 5. The molecule has 136 valence electrons. The number of rotatable bonds is 4. The summed E-state index contributed by atoms with van der Waals surface area (Å²) in [7, 11) is 0. The third kappa shape index (κ3) is 4.02. The zero-order valence-electron chi connectivity index (χ0n) is 13.5. The van der Waals surface area contributed by atoms with Gasteiger partial charge in [-0.2, -0.15) is 13.2 Å². The van der Waals surface area contributed by atoms with E-state index in [2.05, 4.69) is 25.6 Å². The van der Waals surface area contributed by atoms with Crippen LogP contribution >= 0.6 is 0 Å². The number of amides is 1. The number of nitrogens with one attached hydrogen (secondary N) is 3. The zero-order chi connectivity index (χ0) is 18.7. The van der Waals surface area contributed by atoms with Crippen LogP contribution in [0.25, 0.3) is 11.2 Å². The van der Waals surface area contributed by atoms with Crippen LogP contribution in [0.3, 0.4) is 0 Å². The number of carbonyl (C=O) groups is 1. The Hall–Kier alpha value is -3.30. The number of nitrogens with zero attached hydrogens (tertiary/aromatic N) is 2. The van der Waals surface area contributed by atoms with Gasteiger partial charge < -0.3 is 15.0 Å². The number of ether oxygens (including phenoxy) is 1. The van der Waals surface area contributed by atoms with Gasteiger partial charge in [-0.05, 0) is 31.2 Å². The Balaban J connectivity index is 1.80. The number of aromatic nitrogens is 3. The number of carbonyl (C=O) groups excluding carboxylic acids is 1. The van der Waals surface area contributed by atoms with Gasteiger partial charge >= 0.3 is 12.3 Å². The van der Waals surface area contributed by atoms with Crippen LogP contribution in [0, 0.1) is 0 Å². The molecule has 3 aromatic rings. The lowest BCUT2D eigenvalue weighted by Gasteiger charge is -2.10. The summed E-state index contributed by atoms with van der Waals surface area (Å²) in [4.78, 5) is 22.5. The second kappa shape index (κ2) is 6.90. The molecule has 0 radical (unpaired) electrons. The molecule has 10 heteroatoms. The number of H-pyrrole nitrogens is 1.